The highest BCUT2D eigenvalue weighted by Crippen LogP contribution is 2.34. The van der Waals surface area contributed by atoms with Crippen LogP contribution in [0.4, 0.5) is 0 Å². The topological polar surface area (TPSA) is 12.5 Å². The number of hydrogen-bond donors (Lipinski definition) is 0. The van der Waals surface area contributed by atoms with Crippen LogP contribution in [0.25, 0.3) is 0 Å². The molecule has 1 aliphatic heterocycles. The van der Waals surface area contributed by atoms with Gasteiger partial charge >= 0.3 is 0 Å². The Morgan fingerprint density at radius 3 is 2.17 bits per heavy atom. The average molecular weight is 322 g/mol. The first-order valence-corrected chi connectivity index (χ1v) is 9.22. The van der Waals surface area contributed by atoms with E-state index in [1.807, 2.05) is 7.11 Å². The number of ether oxygens (including phenoxy) is 1. The van der Waals surface area contributed by atoms with Crippen LogP contribution in [-0.2, 0) is 4.74 Å². The zero-order valence-corrected chi connectivity index (χ0v) is 16.6. The first-order chi connectivity index (χ1) is 11.0. The fourth-order valence-corrected chi connectivity index (χ4v) is 3.06. The van der Waals surface area contributed by atoms with Crippen molar-refractivity contribution in [2.45, 2.75) is 78.4 Å². The van der Waals surface area contributed by atoms with Gasteiger partial charge in [-0.25, -0.2) is 0 Å². The Kier molecular flexibility index (Phi) is 12.1. The first kappa shape index (κ1) is 22.1. The Balaban J connectivity index is 0.000000379. The van der Waals surface area contributed by atoms with E-state index in [9.17, 15) is 0 Å². The van der Waals surface area contributed by atoms with E-state index in [1.165, 1.54) is 31.3 Å². The normalized spacial score (nSPS) is 22.4. The fraction of sp³-hybridized carbons (Fsp3) is 0.714. The quantitative estimate of drug-likeness (QED) is 0.655. The van der Waals surface area contributed by atoms with Crippen LogP contribution in [0.1, 0.15) is 66.7 Å². The Morgan fingerprint density at radius 2 is 1.74 bits per heavy atom. The van der Waals surface area contributed by atoms with E-state index in [2.05, 4.69) is 76.9 Å². The van der Waals surface area contributed by atoms with Crippen LogP contribution in [0.3, 0.4) is 0 Å². The van der Waals surface area contributed by atoms with Crippen molar-refractivity contribution in [2.75, 3.05) is 20.7 Å². The SMILES string of the molecule is CC1=CC=CC=CC1.CCC.CCC1(CC)CC(OC)CN1C. The lowest BCUT2D eigenvalue weighted by atomic mass is 9.90. The van der Waals surface area contributed by atoms with Gasteiger partial charge in [0.25, 0.3) is 0 Å². The standard InChI is InChI=1S/C10H21NO.C8H10.C3H8/c1-5-10(6-2)7-9(12-4)8-11(10)3;1-8-6-4-2-3-5-7-8;1-3-2/h9H,5-8H2,1-4H3;2-6H,7H2,1H3;3H2,1-2H3. The molecule has 0 radical (unpaired) electrons. The molecule has 1 atom stereocenters. The van der Waals surface area contributed by atoms with Crippen molar-refractivity contribution in [3.05, 3.63) is 36.0 Å². The van der Waals surface area contributed by atoms with Gasteiger partial charge in [-0.1, -0.05) is 70.1 Å². The second-order valence-electron chi connectivity index (χ2n) is 6.61. The van der Waals surface area contributed by atoms with E-state index in [4.69, 9.17) is 4.74 Å². The van der Waals surface area contributed by atoms with Crippen LogP contribution in [0.2, 0.25) is 0 Å². The van der Waals surface area contributed by atoms with Crippen LogP contribution in [0.5, 0.6) is 0 Å². The van der Waals surface area contributed by atoms with Gasteiger partial charge in [-0.05, 0) is 39.7 Å². The van der Waals surface area contributed by atoms with E-state index < -0.39 is 0 Å². The van der Waals surface area contributed by atoms with Crippen LogP contribution in [0.15, 0.2) is 36.0 Å². The summed E-state index contributed by atoms with van der Waals surface area (Å²) in [6, 6.07) is 0. The van der Waals surface area contributed by atoms with Gasteiger partial charge < -0.3 is 4.74 Å². The van der Waals surface area contributed by atoms with Crippen molar-refractivity contribution >= 4 is 0 Å². The van der Waals surface area contributed by atoms with Gasteiger partial charge in [0.1, 0.15) is 0 Å². The van der Waals surface area contributed by atoms with Crippen molar-refractivity contribution in [1.82, 2.24) is 4.90 Å². The molecular weight excluding hydrogens is 282 g/mol. The van der Waals surface area contributed by atoms with E-state index in [0.717, 1.165) is 13.0 Å². The minimum absolute atomic E-state index is 0.417. The van der Waals surface area contributed by atoms with Crippen LogP contribution < -0.4 is 0 Å². The highest BCUT2D eigenvalue weighted by atomic mass is 16.5. The maximum atomic E-state index is 5.40. The van der Waals surface area contributed by atoms with Crippen molar-refractivity contribution in [3.63, 3.8) is 0 Å². The highest BCUT2D eigenvalue weighted by molar-refractivity contribution is 5.21. The third kappa shape index (κ3) is 7.99. The molecule has 2 nitrogen and oxygen atoms in total. The monoisotopic (exact) mass is 321 g/mol. The van der Waals surface area contributed by atoms with Gasteiger partial charge in [0.05, 0.1) is 6.10 Å². The predicted molar refractivity (Wildman–Crippen MR) is 104 cm³/mol. The largest absolute Gasteiger partial charge is 0.380 e. The van der Waals surface area contributed by atoms with Crippen LogP contribution >= 0.6 is 0 Å². The molecular formula is C21H39NO. The molecule has 134 valence electrons. The van der Waals surface area contributed by atoms with Gasteiger partial charge in [0.2, 0.25) is 0 Å². The predicted octanol–water partition coefficient (Wildman–Crippen LogP) is 5.76. The second-order valence-corrected chi connectivity index (χ2v) is 6.61. The molecule has 0 amide bonds. The van der Waals surface area contributed by atoms with E-state index >= 15 is 0 Å². The third-order valence-corrected chi connectivity index (χ3v) is 4.72. The first-order valence-electron chi connectivity index (χ1n) is 9.22. The van der Waals surface area contributed by atoms with Gasteiger partial charge in [-0.15, -0.1) is 0 Å². The summed E-state index contributed by atoms with van der Waals surface area (Å²) in [6.45, 7) is 12.0. The van der Waals surface area contributed by atoms with E-state index in [-0.39, 0.29) is 0 Å². The molecule has 1 saturated heterocycles. The minimum atomic E-state index is 0.417. The summed E-state index contributed by atoms with van der Waals surface area (Å²) in [6.07, 6.45) is 17.0. The Morgan fingerprint density at radius 1 is 1.13 bits per heavy atom. The molecule has 0 aromatic carbocycles. The molecule has 0 bridgehead atoms. The number of methoxy groups -OCH3 is 1. The number of hydrogen-bond acceptors (Lipinski definition) is 2. The molecule has 0 aromatic heterocycles. The molecule has 0 spiro atoms. The van der Waals surface area contributed by atoms with Gasteiger partial charge in [-0.2, -0.15) is 0 Å². The Bertz CT molecular complexity index is 377. The summed E-state index contributed by atoms with van der Waals surface area (Å²) in [7, 11) is 4.03. The molecule has 0 saturated carbocycles. The van der Waals surface area contributed by atoms with E-state index in [0.29, 0.717) is 11.6 Å². The zero-order valence-electron chi connectivity index (χ0n) is 16.6. The lowest BCUT2D eigenvalue weighted by Crippen LogP contribution is -2.39. The molecule has 2 aliphatic rings. The molecule has 2 rings (SSSR count). The Labute approximate surface area is 145 Å². The lowest BCUT2D eigenvalue weighted by Gasteiger charge is -2.33. The summed E-state index contributed by atoms with van der Waals surface area (Å²) < 4.78 is 5.40. The molecule has 0 aromatic rings. The minimum Gasteiger partial charge on any atom is -0.380 e. The number of rotatable bonds is 3. The molecule has 0 N–H and O–H groups in total. The van der Waals surface area contributed by atoms with Crippen LogP contribution in [-0.4, -0.2) is 37.2 Å². The molecule has 23 heavy (non-hydrogen) atoms. The molecule has 1 unspecified atom stereocenters. The fourth-order valence-electron chi connectivity index (χ4n) is 3.06. The van der Waals surface area contributed by atoms with Crippen molar-refractivity contribution in [3.8, 4) is 0 Å². The van der Waals surface area contributed by atoms with Crippen LogP contribution in [0, 0.1) is 0 Å². The summed E-state index contributed by atoms with van der Waals surface area (Å²) in [5, 5.41) is 0. The second kappa shape index (κ2) is 12.5. The molecule has 2 heteroatoms. The number of allylic oxidation sites excluding steroid dienone is 6. The number of likely N-dealkylation sites (tertiary alicyclic amines) is 1. The third-order valence-electron chi connectivity index (χ3n) is 4.72. The van der Waals surface area contributed by atoms with Crippen molar-refractivity contribution in [2.24, 2.45) is 0 Å². The maximum Gasteiger partial charge on any atom is 0.0715 e. The zero-order chi connectivity index (χ0) is 17.7. The summed E-state index contributed by atoms with van der Waals surface area (Å²) in [5.41, 5.74) is 1.84. The average Bonchev–Trinajstić information content (AvgIpc) is 2.70. The smallest absolute Gasteiger partial charge is 0.0715 e. The summed E-state index contributed by atoms with van der Waals surface area (Å²) in [5.74, 6) is 0. The number of nitrogens with zero attached hydrogens (tertiary/aromatic N) is 1. The van der Waals surface area contributed by atoms with Crippen molar-refractivity contribution < 1.29 is 4.74 Å². The number of likely N-dealkylation sites (N-methyl/N-ethyl adjacent to an activating group) is 1. The summed E-state index contributed by atoms with van der Waals surface area (Å²) in [4.78, 5) is 2.46. The molecule has 1 heterocycles. The molecule has 1 aliphatic carbocycles. The van der Waals surface area contributed by atoms with Gasteiger partial charge in [0.15, 0.2) is 0 Å². The van der Waals surface area contributed by atoms with Gasteiger partial charge in [-0.3, -0.25) is 4.90 Å². The van der Waals surface area contributed by atoms with E-state index in [1.54, 1.807) is 0 Å². The lowest BCUT2D eigenvalue weighted by molar-refractivity contribution is 0.110. The van der Waals surface area contributed by atoms with Crippen molar-refractivity contribution in [1.29, 1.82) is 0 Å². The molecule has 1 fully saturated rings. The Hall–Kier alpha value is -0.860. The maximum absolute atomic E-state index is 5.40. The highest BCUT2D eigenvalue weighted by Gasteiger charge is 2.40. The summed E-state index contributed by atoms with van der Waals surface area (Å²) >= 11 is 0. The van der Waals surface area contributed by atoms with Gasteiger partial charge in [0, 0.05) is 19.2 Å².